The molecule has 0 amide bonds. The molecular weight excluding hydrogens is 186 g/mol. The van der Waals surface area contributed by atoms with Crippen molar-refractivity contribution in [3.63, 3.8) is 0 Å². The molecule has 0 aromatic rings. The lowest BCUT2D eigenvalue weighted by Crippen LogP contribution is -2.34. The SMILES string of the molecule is CCNCCC(C)N(C)CCCN(C)C. The summed E-state index contributed by atoms with van der Waals surface area (Å²) >= 11 is 0. The smallest absolute Gasteiger partial charge is 0.00759 e. The summed E-state index contributed by atoms with van der Waals surface area (Å²) in [5.41, 5.74) is 0. The molecule has 0 radical (unpaired) electrons. The second kappa shape index (κ2) is 9.13. The van der Waals surface area contributed by atoms with Crippen LogP contribution in [0.1, 0.15) is 26.7 Å². The molecule has 0 rings (SSSR count). The lowest BCUT2D eigenvalue weighted by Gasteiger charge is -2.25. The van der Waals surface area contributed by atoms with Gasteiger partial charge in [0.15, 0.2) is 0 Å². The van der Waals surface area contributed by atoms with Gasteiger partial charge in [-0.15, -0.1) is 0 Å². The van der Waals surface area contributed by atoms with Crippen LogP contribution in [0.25, 0.3) is 0 Å². The van der Waals surface area contributed by atoms with Crippen molar-refractivity contribution in [2.75, 3.05) is 47.3 Å². The summed E-state index contributed by atoms with van der Waals surface area (Å²) in [5, 5.41) is 3.37. The standard InChI is InChI=1S/C12H29N3/c1-6-13-9-8-12(2)15(5)11-7-10-14(3)4/h12-13H,6-11H2,1-5H3. The third-order valence-electron chi connectivity index (χ3n) is 2.86. The summed E-state index contributed by atoms with van der Waals surface area (Å²) in [6, 6.07) is 0.686. The van der Waals surface area contributed by atoms with E-state index in [0.717, 1.165) is 13.1 Å². The predicted molar refractivity (Wildman–Crippen MR) is 68.4 cm³/mol. The van der Waals surface area contributed by atoms with Crippen molar-refractivity contribution in [3.8, 4) is 0 Å². The summed E-state index contributed by atoms with van der Waals surface area (Å²) in [6.07, 6.45) is 2.50. The van der Waals surface area contributed by atoms with Crippen molar-refractivity contribution in [2.45, 2.75) is 32.7 Å². The molecule has 0 spiro atoms. The Hall–Kier alpha value is -0.120. The van der Waals surface area contributed by atoms with Gasteiger partial charge in [0, 0.05) is 6.04 Å². The van der Waals surface area contributed by atoms with E-state index in [-0.39, 0.29) is 0 Å². The topological polar surface area (TPSA) is 18.5 Å². The monoisotopic (exact) mass is 215 g/mol. The molecule has 0 heterocycles. The van der Waals surface area contributed by atoms with Gasteiger partial charge in [0.2, 0.25) is 0 Å². The summed E-state index contributed by atoms with van der Waals surface area (Å²) < 4.78 is 0. The quantitative estimate of drug-likeness (QED) is 0.584. The van der Waals surface area contributed by atoms with Gasteiger partial charge in [-0.1, -0.05) is 6.92 Å². The van der Waals surface area contributed by atoms with Crippen LogP contribution in [-0.2, 0) is 0 Å². The molecule has 0 fully saturated rings. The second-order valence-electron chi connectivity index (χ2n) is 4.63. The Labute approximate surface area is 95.8 Å². The van der Waals surface area contributed by atoms with Crippen molar-refractivity contribution in [3.05, 3.63) is 0 Å². The fourth-order valence-corrected chi connectivity index (χ4v) is 1.56. The molecule has 0 aliphatic rings. The zero-order valence-corrected chi connectivity index (χ0v) is 11.2. The van der Waals surface area contributed by atoms with Crippen LogP contribution in [-0.4, -0.2) is 63.2 Å². The number of rotatable bonds is 9. The van der Waals surface area contributed by atoms with Gasteiger partial charge in [-0.2, -0.15) is 0 Å². The molecule has 3 heteroatoms. The maximum Gasteiger partial charge on any atom is 0.00759 e. The average molecular weight is 215 g/mol. The second-order valence-corrected chi connectivity index (χ2v) is 4.63. The molecule has 0 aromatic carbocycles. The Morgan fingerprint density at radius 3 is 2.33 bits per heavy atom. The van der Waals surface area contributed by atoms with Gasteiger partial charge in [-0.3, -0.25) is 0 Å². The van der Waals surface area contributed by atoms with E-state index in [9.17, 15) is 0 Å². The highest BCUT2D eigenvalue weighted by Gasteiger charge is 2.07. The Bertz CT molecular complexity index is 137. The van der Waals surface area contributed by atoms with E-state index in [1.54, 1.807) is 0 Å². The molecule has 15 heavy (non-hydrogen) atoms. The van der Waals surface area contributed by atoms with Crippen molar-refractivity contribution >= 4 is 0 Å². The molecule has 0 aliphatic carbocycles. The molecule has 0 aromatic heterocycles. The largest absolute Gasteiger partial charge is 0.317 e. The molecule has 3 nitrogen and oxygen atoms in total. The van der Waals surface area contributed by atoms with E-state index in [2.05, 4.69) is 50.1 Å². The van der Waals surface area contributed by atoms with Gasteiger partial charge in [0.1, 0.15) is 0 Å². The normalized spacial score (nSPS) is 13.8. The molecule has 1 atom stereocenters. The van der Waals surface area contributed by atoms with Crippen LogP contribution in [0.5, 0.6) is 0 Å². The summed E-state index contributed by atoms with van der Waals surface area (Å²) in [6.45, 7) is 9.07. The first-order valence-electron chi connectivity index (χ1n) is 6.13. The fourth-order valence-electron chi connectivity index (χ4n) is 1.56. The Balaban J connectivity index is 3.46. The minimum absolute atomic E-state index is 0.686. The number of nitrogens with zero attached hydrogens (tertiary/aromatic N) is 2. The van der Waals surface area contributed by atoms with Crippen LogP contribution < -0.4 is 5.32 Å². The van der Waals surface area contributed by atoms with Crippen LogP contribution in [0.3, 0.4) is 0 Å². The Morgan fingerprint density at radius 1 is 1.13 bits per heavy atom. The van der Waals surface area contributed by atoms with Crippen LogP contribution >= 0.6 is 0 Å². The third kappa shape index (κ3) is 8.85. The molecule has 0 aliphatic heterocycles. The first-order valence-corrected chi connectivity index (χ1v) is 6.13. The van der Waals surface area contributed by atoms with Gasteiger partial charge in [-0.05, 0) is 67.1 Å². The maximum atomic E-state index is 3.37. The van der Waals surface area contributed by atoms with E-state index in [4.69, 9.17) is 0 Å². The lowest BCUT2D eigenvalue weighted by atomic mass is 10.2. The van der Waals surface area contributed by atoms with Gasteiger partial charge in [0.25, 0.3) is 0 Å². The van der Waals surface area contributed by atoms with Crippen molar-refractivity contribution < 1.29 is 0 Å². The van der Waals surface area contributed by atoms with Crippen LogP contribution in [0.4, 0.5) is 0 Å². The highest BCUT2D eigenvalue weighted by molar-refractivity contribution is 4.65. The molecule has 1 N–H and O–H groups in total. The van der Waals surface area contributed by atoms with E-state index in [1.165, 1.54) is 25.9 Å². The minimum Gasteiger partial charge on any atom is -0.317 e. The highest BCUT2D eigenvalue weighted by atomic mass is 15.1. The fraction of sp³-hybridized carbons (Fsp3) is 1.00. The van der Waals surface area contributed by atoms with Crippen molar-refractivity contribution in [2.24, 2.45) is 0 Å². The zero-order valence-electron chi connectivity index (χ0n) is 11.2. The van der Waals surface area contributed by atoms with Gasteiger partial charge >= 0.3 is 0 Å². The van der Waals surface area contributed by atoms with Crippen molar-refractivity contribution in [1.29, 1.82) is 0 Å². The van der Waals surface area contributed by atoms with Gasteiger partial charge < -0.3 is 15.1 Å². The van der Waals surface area contributed by atoms with E-state index in [0.29, 0.717) is 6.04 Å². The molecule has 92 valence electrons. The number of hydrogen-bond donors (Lipinski definition) is 1. The zero-order chi connectivity index (χ0) is 11.7. The Morgan fingerprint density at radius 2 is 1.80 bits per heavy atom. The number of nitrogens with one attached hydrogen (secondary N) is 1. The van der Waals surface area contributed by atoms with E-state index >= 15 is 0 Å². The summed E-state index contributed by atoms with van der Waals surface area (Å²) in [4.78, 5) is 4.71. The van der Waals surface area contributed by atoms with Crippen molar-refractivity contribution in [1.82, 2.24) is 15.1 Å². The molecule has 0 saturated carbocycles. The molecule has 0 bridgehead atoms. The van der Waals surface area contributed by atoms with Crippen LogP contribution in [0, 0.1) is 0 Å². The van der Waals surface area contributed by atoms with Crippen LogP contribution in [0.2, 0.25) is 0 Å². The average Bonchev–Trinajstić information content (AvgIpc) is 2.17. The minimum atomic E-state index is 0.686. The maximum absolute atomic E-state index is 3.37. The van der Waals surface area contributed by atoms with E-state index in [1.807, 2.05) is 0 Å². The molecule has 1 unspecified atom stereocenters. The van der Waals surface area contributed by atoms with Gasteiger partial charge in [-0.25, -0.2) is 0 Å². The molecular formula is C12H29N3. The Kier molecular flexibility index (Phi) is 9.06. The number of hydrogen-bond acceptors (Lipinski definition) is 3. The predicted octanol–water partition coefficient (Wildman–Crippen LogP) is 1.26. The molecule has 0 saturated heterocycles. The van der Waals surface area contributed by atoms with E-state index < -0.39 is 0 Å². The first-order chi connectivity index (χ1) is 7.07. The van der Waals surface area contributed by atoms with Gasteiger partial charge in [0.05, 0.1) is 0 Å². The first kappa shape index (κ1) is 14.9. The highest BCUT2D eigenvalue weighted by Crippen LogP contribution is 2.01. The van der Waals surface area contributed by atoms with Crippen LogP contribution in [0.15, 0.2) is 0 Å². The third-order valence-corrected chi connectivity index (χ3v) is 2.86. The summed E-state index contributed by atoms with van der Waals surface area (Å²) in [7, 11) is 6.50. The summed E-state index contributed by atoms with van der Waals surface area (Å²) in [5.74, 6) is 0. The lowest BCUT2D eigenvalue weighted by molar-refractivity contribution is 0.231.